The quantitative estimate of drug-likeness (QED) is 0.193. The summed E-state index contributed by atoms with van der Waals surface area (Å²) in [6, 6.07) is 36.7. The lowest BCUT2D eigenvalue weighted by Gasteiger charge is -2.29. The third-order valence-electron chi connectivity index (χ3n) is 11.1. The minimum Gasteiger partial charge on any atom is -0.208 e. The minimum absolute atomic E-state index is 0.0344. The van der Waals surface area contributed by atoms with Gasteiger partial charge in [-0.05, 0) is 74.0 Å². The molecule has 49 heavy (non-hydrogen) atoms. The van der Waals surface area contributed by atoms with Crippen molar-refractivity contribution in [1.82, 2.24) is 15.0 Å². The van der Waals surface area contributed by atoms with Crippen molar-refractivity contribution in [2.75, 3.05) is 0 Å². The van der Waals surface area contributed by atoms with Crippen LogP contribution < -0.4 is 0 Å². The van der Waals surface area contributed by atoms with Crippen molar-refractivity contribution in [3.63, 3.8) is 0 Å². The molecule has 0 saturated heterocycles. The summed E-state index contributed by atoms with van der Waals surface area (Å²) in [5, 5.41) is 0. The zero-order valence-electron chi connectivity index (χ0n) is 28.1. The van der Waals surface area contributed by atoms with Crippen LogP contribution in [-0.4, -0.2) is 15.0 Å². The Bertz CT molecular complexity index is 2350. The van der Waals surface area contributed by atoms with Crippen molar-refractivity contribution < 1.29 is 4.39 Å². The molecule has 0 spiro atoms. The summed E-state index contributed by atoms with van der Waals surface area (Å²) in [6.45, 7) is 9.29. The topological polar surface area (TPSA) is 38.7 Å². The van der Waals surface area contributed by atoms with Crippen LogP contribution in [0.3, 0.4) is 0 Å². The number of hydrogen-bond donors (Lipinski definition) is 0. The number of rotatable bonds is 4. The van der Waals surface area contributed by atoms with E-state index in [4.69, 9.17) is 15.0 Å². The maximum atomic E-state index is 13.6. The molecule has 0 bridgehead atoms. The molecule has 2 unspecified atom stereocenters. The lowest BCUT2D eigenvalue weighted by atomic mass is 9.74. The molecule has 0 fully saturated rings. The van der Waals surface area contributed by atoms with Gasteiger partial charge < -0.3 is 0 Å². The minimum atomic E-state index is -0.245. The van der Waals surface area contributed by atoms with E-state index in [1.54, 1.807) is 12.1 Å². The maximum absolute atomic E-state index is 13.6. The molecular weight excluding hydrogens is 602 g/mol. The van der Waals surface area contributed by atoms with Gasteiger partial charge in [-0.25, -0.2) is 19.3 Å². The second kappa shape index (κ2) is 10.8. The van der Waals surface area contributed by atoms with Crippen LogP contribution in [-0.2, 0) is 10.8 Å². The van der Waals surface area contributed by atoms with Crippen LogP contribution in [0.25, 0.3) is 56.4 Å². The predicted octanol–water partition coefficient (Wildman–Crippen LogP) is 11.1. The van der Waals surface area contributed by atoms with Crippen molar-refractivity contribution >= 4 is 0 Å². The molecule has 1 heterocycles. The predicted molar refractivity (Wildman–Crippen MR) is 197 cm³/mol. The molecule has 4 heteroatoms. The summed E-state index contributed by atoms with van der Waals surface area (Å²) >= 11 is 0. The Balaban J connectivity index is 1.22. The summed E-state index contributed by atoms with van der Waals surface area (Å²) < 4.78 is 13.6. The molecule has 9 rings (SSSR count). The molecule has 5 aromatic carbocycles. The second-order valence-corrected chi connectivity index (χ2v) is 14.6. The van der Waals surface area contributed by atoms with Crippen LogP contribution in [0.4, 0.5) is 4.39 Å². The number of aromatic nitrogens is 3. The van der Waals surface area contributed by atoms with Crippen LogP contribution in [0.1, 0.15) is 55.9 Å². The van der Waals surface area contributed by atoms with Gasteiger partial charge in [-0.15, -0.1) is 0 Å². The van der Waals surface area contributed by atoms with Crippen molar-refractivity contribution in [1.29, 1.82) is 0 Å². The average molecular weight is 638 g/mol. The van der Waals surface area contributed by atoms with Crippen molar-refractivity contribution in [3.8, 4) is 56.4 Å². The number of benzene rings is 5. The highest BCUT2D eigenvalue weighted by molar-refractivity contribution is 5.87. The van der Waals surface area contributed by atoms with Gasteiger partial charge in [0.15, 0.2) is 17.5 Å². The van der Waals surface area contributed by atoms with Gasteiger partial charge in [-0.3, -0.25) is 0 Å². The largest absolute Gasteiger partial charge is 0.208 e. The van der Waals surface area contributed by atoms with E-state index in [1.165, 1.54) is 45.5 Å². The highest BCUT2D eigenvalue weighted by Gasteiger charge is 2.44. The Morgan fingerprint density at radius 2 is 1.12 bits per heavy atom. The summed E-state index contributed by atoms with van der Waals surface area (Å²) in [5.41, 5.74) is 12.5. The van der Waals surface area contributed by atoms with Gasteiger partial charge in [-0.2, -0.15) is 0 Å². The second-order valence-electron chi connectivity index (χ2n) is 14.6. The molecule has 0 aliphatic heterocycles. The molecule has 0 N–H and O–H groups in total. The molecule has 238 valence electrons. The zero-order valence-corrected chi connectivity index (χ0v) is 28.1. The molecule has 1 aromatic heterocycles. The number of allylic oxidation sites excluding steroid dienone is 4. The highest BCUT2D eigenvalue weighted by atomic mass is 19.1. The van der Waals surface area contributed by atoms with E-state index in [2.05, 4.69) is 113 Å². The lowest BCUT2D eigenvalue weighted by molar-refractivity contribution is 0.394. The van der Waals surface area contributed by atoms with Crippen LogP contribution in [0.15, 0.2) is 133 Å². The van der Waals surface area contributed by atoms with Crippen LogP contribution in [0, 0.1) is 11.7 Å². The third-order valence-corrected chi connectivity index (χ3v) is 11.1. The Kier molecular flexibility index (Phi) is 6.51. The normalized spacial score (nSPS) is 18.9. The summed E-state index contributed by atoms with van der Waals surface area (Å²) in [6.07, 6.45) is 9.04. The Labute approximate surface area is 287 Å². The Morgan fingerprint density at radius 3 is 1.90 bits per heavy atom. The van der Waals surface area contributed by atoms with Gasteiger partial charge >= 0.3 is 0 Å². The van der Waals surface area contributed by atoms with E-state index in [0.717, 1.165) is 27.8 Å². The van der Waals surface area contributed by atoms with Gasteiger partial charge in [0.05, 0.1) is 0 Å². The standard InChI is InChI=1S/C45H36FN3/c1-44(2)37-14-7-6-11-33(37)36-26-30(22-25-39(36)44)42-47-41(29-18-16-27(17-19-29)28-20-23-31(46)24-21-28)48-43(49-42)35-13-9-12-34-32-10-5-8-15-38(32)45(3,4)40(34)35/h5-26,33,37H,1-4H3. The van der Waals surface area contributed by atoms with Crippen molar-refractivity contribution in [3.05, 3.63) is 162 Å². The summed E-state index contributed by atoms with van der Waals surface area (Å²) in [7, 11) is 0. The van der Waals surface area contributed by atoms with Crippen molar-refractivity contribution in [2.24, 2.45) is 5.92 Å². The van der Waals surface area contributed by atoms with Crippen molar-refractivity contribution in [2.45, 2.75) is 44.4 Å². The molecule has 2 atom stereocenters. The fourth-order valence-corrected chi connectivity index (χ4v) is 8.58. The average Bonchev–Trinajstić information content (AvgIpc) is 3.51. The first-order chi connectivity index (χ1) is 23.7. The fraction of sp³-hybridized carbons (Fsp3) is 0.178. The first kappa shape index (κ1) is 29.6. The van der Waals surface area contributed by atoms with E-state index in [-0.39, 0.29) is 16.6 Å². The molecule has 3 nitrogen and oxygen atoms in total. The molecule has 0 saturated carbocycles. The first-order valence-electron chi connectivity index (χ1n) is 17.1. The van der Waals surface area contributed by atoms with Crippen LogP contribution in [0.2, 0.25) is 0 Å². The molecule has 0 amide bonds. The molecule has 3 aliphatic rings. The van der Waals surface area contributed by atoms with Gasteiger partial charge in [0.1, 0.15) is 5.82 Å². The van der Waals surface area contributed by atoms with Crippen LogP contribution in [0.5, 0.6) is 0 Å². The lowest BCUT2D eigenvalue weighted by Crippen LogP contribution is -2.24. The Morgan fingerprint density at radius 1 is 0.531 bits per heavy atom. The van der Waals surface area contributed by atoms with E-state index >= 15 is 0 Å². The first-order valence-corrected chi connectivity index (χ1v) is 17.1. The molecule has 0 radical (unpaired) electrons. The van der Waals surface area contributed by atoms with Gasteiger partial charge in [-0.1, -0.05) is 143 Å². The van der Waals surface area contributed by atoms with E-state index in [9.17, 15) is 4.39 Å². The third kappa shape index (κ3) is 4.58. The summed E-state index contributed by atoms with van der Waals surface area (Å²) in [5.74, 6) is 2.45. The SMILES string of the molecule is CC1(C)c2ccccc2-c2cccc(-c3nc(-c4ccc(-c5ccc(F)cc5)cc4)nc(-c4ccc5c(c4)C4C=CC=CC4C5(C)C)n3)c21. The number of nitrogens with zero attached hydrogens (tertiary/aromatic N) is 3. The van der Waals surface area contributed by atoms with E-state index in [1.807, 2.05) is 24.3 Å². The maximum Gasteiger partial charge on any atom is 0.164 e. The van der Waals surface area contributed by atoms with Gasteiger partial charge in [0, 0.05) is 28.0 Å². The van der Waals surface area contributed by atoms with Crippen LogP contribution >= 0.6 is 0 Å². The van der Waals surface area contributed by atoms with E-state index in [0.29, 0.717) is 29.3 Å². The monoisotopic (exact) mass is 637 g/mol. The smallest absolute Gasteiger partial charge is 0.164 e. The number of fused-ring (bicyclic) bond motifs is 6. The number of halogens is 1. The van der Waals surface area contributed by atoms with Gasteiger partial charge in [0.2, 0.25) is 0 Å². The Hall–Kier alpha value is -5.48. The highest BCUT2D eigenvalue weighted by Crippen LogP contribution is 2.54. The number of hydrogen-bond acceptors (Lipinski definition) is 3. The van der Waals surface area contributed by atoms with Gasteiger partial charge in [0.25, 0.3) is 0 Å². The summed E-state index contributed by atoms with van der Waals surface area (Å²) in [4.78, 5) is 15.6. The van der Waals surface area contributed by atoms with E-state index < -0.39 is 0 Å². The zero-order chi connectivity index (χ0) is 33.5. The molecular formula is C45H36FN3. The fourth-order valence-electron chi connectivity index (χ4n) is 8.58. The molecule has 3 aliphatic carbocycles. The molecule has 6 aromatic rings.